The second-order valence-electron chi connectivity index (χ2n) is 6.44. The zero-order valence-electron chi connectivity index (χ0n) is 14.3. The maximum absolute atomic E-state index is 13.1. The summed E-state index contributed by atoms with van der Waals surface area (Å²) in [6.45, 7) is 1.64. The van der Waals surface area contributed by atoms with Crippen molar-refractivity contribution in [1.29, 1.82) is 0 Å². The number of carbonyl (C=O) groups excluding carboxylic acids is 1. The van der Waals surface area contributed by atoms with Gasteiger partial charge in [0, 0.05) is 17.1 Å². The van der Waals surface area contributed by atoms with Gasteiger partial charge in [-0.05, 0) is 43.9 Å². The number of hydrogen-bond acceptors (Lipinski definition) is 4. The van der Waals surface area contributed by atoms with E-state index in [2.05, 4.69) is 5.32 Å². The number of benzene rings is 2. The molecule has 0 atom stereocenters. The van der Waals surface area contributed by atoms with Crippen LogP contribution in [-0.2, 0) is 12.8 Å². The van der Waals surface area contributed by atoms with E-state index in [1.165, 1.54) is 6.07 Å². The van der Waals surface area contributed by atoms with Gasteiger partial charge in [0.15, 0.2) is 0 Å². The van der Waals surface area contributed by atoms with E-state index in [1.807, 2.05) is 24.3 Å². The molecule has 2 aromatic carbocycles. The van der Waals surface area contributed by atoms with Crippen LogP contribution >= 0.6 is 0 Å². The maximum Gasteiger partial charge on any atom is 0.274 e. The quantitative estimate of drug-likeness (QED) is 0.568. The number of carbonyl (C=O) groups is 1. The third kappa shape index (κ3) is 2.60. The summed E-state index contributed by atoms with van der Waals surface area (Å²) in [6.07, 6.45) is 2.68. The predicted molar refractivity (Wildman–Crippen MR) is 99.6 cm³/mol. The number of pyridine rings is 1. The van der Waals surface area contributed by atoms with Crippen LogP contribution in [0.4, 0.5) is 11.4 Å². The van der Waals surface area contributed by atoms with Crippen LogP contribution in [0, 0.1) is 17.0 Å². The largest absolute Gasteiger partial charge is 0.321 e. The normalized spacial score (nSPS) is 12.8. The van der Waals surface area contributed by atoms with Crippen LogP contribution < -0.4 is 5.32 Å². The SMILES string of the molecule is Cc1c(NC(=O)c2c3c(nc4ccccc24)CCC3)cccc1[N+](=O)[O-]. The Morgan fingerprint density at radius 1 is 1.15 bits per heavy atom. The van der Waals surface area contributed by atoms with Crippen molar-refractivity contribution < 1.29 is 9.72 Å². The van der Waals surface area contributed by atoms with Crippen molar-refractivity contribution in [2.24, 2.45) is 0 Å². The van der Waals surface area contributed by atoms with E-state index in [1.54, 1.807) is 19.1 Å². The van der Waals surface area contributed by atoms with Crippen molar-refractivity contribution in [3.8, 4) is 0 Å². The molecule has 1 aromatic heterocycles. The summed E-state index contributed by atoms with van der Waals surface area (Å²) in [4.78, 5) is 28.5. The molecule has 1 amide bonds. The summed E-state index contributed by atoms with van der Waals surface area (Å²) in [7, 11) is 0. The van der Waals surface area contributed by atoms with Crippen LogP contribution in [0.15, 0.2) is 42.5 Å². The van der Waals surface area contributed by atoms with Crippen molar-refractivity contribution in [2.45, 2.75) is 26.2 Å². The van der Waals surface area contributed by atoms with E-state index < -0.39 is 4.92 Å². The van der Waals surface area contributed by atoms with Gasteiger partial charge < -0.3 is 5.32 Å². The molecule has 3 aromatic rings. The molecule has 0 bridgehead atoms. The zero-order valence-corrected chi connectivity index (χ0v) is 14.3. The van der Waals surface area contributed by atoms with Crippen LogP contribution in [0.3, 0.4) is 0 Å². The molecule has 6 nitrogen and oxygen atoms in total. The lowest BCUT2D eigenvalue weighted by Crippen LogP contribution is -2.16. The number of para-hydroxylation sites is 1. The van der Waals surface area contributed by atoms with Crippen LogP contribution in [0.25, 0.3) is 10.9 Å². The van der Waals surface area contributed by atoms with E-state index in [0.29, 0.717) is 16.8 Å². The number of aromatic nitrogens is 1. The molecule has 1 heterocycles. The van der Waals surface area contributed by atoms with Gasteiger partial charge in [0.2, 0.25) is 0 Å². The summed E-state index contributed by atoms with van der Waals surface area (Å²) in [5, 5.41) is 14.8. The second-order valence-corrected chi connectivity index (χ2v) is 6.44. The van der Waals surface area contributed by atoms with Gasteiger partial charge in [0.25, 0.3) is 11.6 Å². The zero-order chi connectivity index (χ0) is 18.3. The minimum atomic E-state index is -0.440. The van der Waals surface area contributed by atoms with Crippen molar-refractivity contribution in [3.63, 3.8) is 0 Å². The number of hydrogen-bond donors (Lipinski definition) is 1. The molecular formula is C20H17N3O3. The first-order valence-electron chi connectivity index (χ1n) is 8.52. The minimum Gasteiger partial charge on any atom is -0.321 e. The molecule has 130 valence electrons. The molecule has 0 fully saturated rings. The molecule has 0 saturated carbocycles. The lowest BCUT2D eigenvalue weighted by atomic mass is 10.00. The van der Waals surface area contributed by atoms with Crippen molar-refractivity contribution in [3.05, 3.63) is 75.0 Å². The Morgan fingerprint density at radius 2 is 1.96 bits per heavy atom. The Morgan fingerprint density at radius 3 is 2.77 bits per heavy atom. The summed E-state index contributed by atoms with van der Waals surface area (Å²) in [5.74, 6) is -0.245. The Balaban J connectivity index is 1.81. The molecular weight excluding hydrogens is 330 g/mol. The minimum absolute atomic E-state index is 0.00684. The maximum atomic E-state index is 13.1. The number of nitro groups is 1. The molecule has 1 aliphatic carbocycles. The molecule has 0 aliphatic heterocycles. The summed E-state index contributed by atoms with van der Waals surface area (Å²) in [6, 6.07) is 12.3. The standard InChI is InChI=1S/C20H17N3O3/c1-12-15(9-5-11-18(12)23(25)26)22-20(24)19-13-6-2-3-8-16(13)21-17-10-4-7-14(17)19/h2-3,5-6,8-9,11H,4,7,10H2,1H3,(H,22,24). The first-order valence-corrected chi connectivity index (χ1v) is 8.52. The van der Waals surface area contributed by atoms with Gasteiger partial charge in [0.05, 0.1) is 27.3 Å². The average molecular weight is 347 g/mol. The summed E-state index contributed by atoms with van der Waals surface area (Å²) >= 11 is 0. The number of amides is 1. The molecule has 0 saturated heterocycles. The molecule has 0 radical (unpaired) electrons. The Kier molecular flexibility index (Phi) is 3.88. The van der Waals surface area contributed by atoms with Gasteiger partial charge in [-0.2, -0.15) is 0 Å². The van der Waals surface area contributed by atoms with Gasteiger partial charge in [-0.15, -0.1) is 0 Å². The number of fused-ring (bicyclic) bond motifs is 2. The third-order valence-corrected chi connectivity index (χ3v) is 4.90. The average Bonchev–Trinajstić information content (AvgIpc) is 3.08. The number of anilines is 1. The van der Waals surface area contributed by atoms with Gasteiger partial charge in [0.1, 0.15) is 0 Å². The topological polar surface area (TPSA) is 85.1 Å². The Bertz CT molecular complexity index is 1060. The van der Waals surface area contributed by atoms with E-state index in [9.17, 15) is 14.9 Å². The monoisotopic (exact) mass is 347 g/mol. The van der Waals surface area contributed by atoms with Gasteiger partial charge in [-0.1, -0.05) is 24.3 Å². The van der Waals surface area contributed by atoms with Crippen molar-refractivity contribution in [1.82, 2.24) is 4.98 Å². The smallest absolute Gasteiger partial charge is 0.274 e. The molecule has 26 heavy (non-hydrogen) atoms. The summed E-state index contributed by atoms with van der Waals surface area (Å²) < 4.78 is 0. The fourth-order valence-electron chi connectivity index (χ4n) is 3.61. The molecule has 6 heteroatoms. The van der Waals surface area contributed by atoms with Gasteiger partial charge in [-0.25, -0.2) is 0 Å². The predicted octanol–water partition coefficient (Wildman–Crippen LogP) is 4.19. The molecule has 0 unspecified atom stereocenters. The Hall–Kier alpha value is -3.28. The van der Waals surface area contributed by atoms with E-state index in [4.69, 9.17) is 4.98 Å². The lowest BCUT2D eigenvalue weighted by Gasteiger charge is -2.14. The number of nitrogens with one attached hydrogen (secondary N) is 1. The number of aryl methyl sites for hydroxylation is 1. The van der Waals surface area contributed by atoms with E-state index in [-0.39, 0.29) is 11.6 Å². The highest BCUT2D eigenvalue weighted by Gasteiger charge is 2.24. The van der Waals surface area contributed by atoms with Gasteiger partial charge >= 0.3 is 0 Å². The van der Waals surface area contributed by atoms with Crippen LogP contribution in [0.1, 0.15) is 33.6 Å². The van der Waals surface area contributed by atoms with Crippen LogP contribution in [0.2, 0.25) is 0 Å². The number of rotatable bonds is 3. The molecule has 1 aliphatic rings. The molecule has 0 spiro atoms. The fraction of sp³-hybridized carbons (Fsp3) is 0.200. The molecule has 1 N–H and O–H groups in total. The lowest BCUT2D eigenvalue weighted by molar-refractivity contribution is -0.385. The van der Waals surface area contributed by atoms with E-state index in [0.717, 1.165) is 41.4 Å². The number of nitro benzene ring substituents is 1. The Labute approximate surface area is 150 Å². The van der Waals surface area contributed by atoms with Crippen molar-refractivity contribution >= 4 is 28.2 Å². The first-order chi connectivity index (χ1) is 12.6. The highest BCUT2D eigenvalue weighted by atomic mass is 16.6. The van der Waals surface area contributed by atoms with E-state index >= 15 is 0 Å². The van der Waals surface area contributed by atoms with Crippen LogP contribution in [0.5, 0.6) is 0 Å². The fourth-order valence-corrected chi connectivity index (χ4v) is 3.61. The molecule has 4 rings (SSSR count). The van der Waals surface area contributed by atoms with Crippen LogP contribution in [-0.4, -0.2) is 15.8 Å². The first kappa shape index (κ1) is 16.2. The van der Waals surface area contributed by atoms with Crippen molar-refractivity contribution in [2.75, 3.05) is 5.32 Å². The third-order valence-electron chi connectivity index (χ3n) is 4.90. The summed E-state index contributed by atoms with van der Waals surface area (Å²) in [5.41, 5.74) is 4.29. The van der Waals surface area contributed by atoms with Gasteiger partial charge in [-0.3, -0.25) is 19.9 Å². The highest BCUT2D eigenvalue weighted by molar-refractivity contribution is 6.14. The number of nitrogens with zero attached hydrogens (tertiary/aromatic N) is 2. The second kappa shape index (κ2) is 6.22. The highest BCUT2D eigenvalue weighted by Crippen LogP contribution is 2.31.